The van der Waals surface area contributed by atoms with E-state index in [1.807, 2.05) is 0 Å². The zero-order chi connectivity index (χ0) is 14.9. The highest BCUT2D eigenvalue weighted by Gasteiger charge is 2.27. The second-order valence-electron chi connectivity index (χ2n) is 6.40. The standard InChI is InChI=1S/C19H31NO.ClH/c1-2-3-4-5-6-7-8-16-9-11-17(12-10-16)18-13-14-20-19(18)15-21;/h9-12,18-21H,2-8,13-15H2,1H3;1H/t18-,19-;/m0./s1. The normalized spacial score (nSPS) is 20.8. The molecule has 2 nitrogen and oxygen atoms in total. The van der Waals surface area contributed by atoms with Gasteiger partial charge in [-0.15, -0.1) is 12.4 Å². The third kappa shape index (κ3) is 5.91. The zero-order valence-corrected chi connectivity index (χ0v) is 14.7. The van der Waals surface area contributed by atoms with Crippen LogP contribution in [-0.4, -0.2) is 24.3 Å². The summed E-state index contributed by atoms with van der Waals surface area (Å²) in [4.78, 5) is 0. The topological polar surface area (TPSA) is 32.3 Å². The van der Waals surface area contributed by atoms with Gasteiger partial charge >= 0.3 is 0 Å². The van der Waals surface area contributed by atoms with E-state index in [2.05, 4.69) is 36.5 Å². The molecule has 3 heteroatoms. The summed E-state index contributed by atoms with van der Waals surface area (Å²) in [6, 6.07) is 9.36. The summed E-state index contributed by atoms with van der Waals surface area (Å²) in [6.45, 7) is 3.53. The minimum absolute atomic E-state index is 0. The maximum atomic E-state index is 9.39. The van der Waals surface area contributed by atoms with Crippen molar-refractivity contribution >= 4 is 12.4 Å². The van der Waals surface area contributed by atoms with Gasteiger partial charge in [-0.05, 0) is 36.9 Å². The SMILES string of the molecule is CCCCCCCCc1ccc([C@@H]2CCN[C@H]2CO)cc1.Cl. The third-order valence-electron chi connectivity index (χ3n) is 4.77. The number of unbranched alkanes of at least 4 members (excludes halogenated alkanes) is 5. The molecule has 1 saturated heterocycles. The van der Waals surface area contributed by atoms with Crippen molar-refractivity contribution in [3.8, 4) is 0 Å². The molecule has 0 spiro atoms. The molecule has 1 aromatic rings. The van der Waals surface area contributed by atoms with Gasteiger partial charge in [0.2, 0.25) is 0 Å². The molecule has 126 valence electrons. The first kappa shape index (κ1) is 19.5. The lowest BCUT2D eigenvalue weighted by molar-refractivity contribution is 0.245. The molecule has 1 fully saturated rings. The van der Waals surface area contributed by atoms with Crippen LogP contribution in [0, 0.1) is 0 Å². The first-order chi connectivity index (χ1) is 10.3. The molecule has 1 aromatic carbocycles. The molecule has 0 amide bonds. The van der Waals surface area contributed by atoms with Crippen molar-refractivity contribution in [3.05, 3.63) is 35.4 Å². The quantitative estimate of drug-likeness (QED) is 0.657. The Bertz CT molecular complexity index is 393. The van der Waals surface area contributed by atoms with Crippen LogP contribution < -0.4 is 5.32 Å². The molecule has 1 aliphatic heterocycles. The van der Waals surface area contributed by atoms with E-state index >= 15 is 0 Å². The van der Waals surface area contributed by atoms with Crippen LogP contribution in [0.4, 0.5) is 0 Å². The van der Waals surface area contributed by atoms with Gasteiger partial charge in [-0.1, -0.05) is 63.3 Å². The molecule has 22 heavy (non-hydrogen) atoms. The van der Waals surface area contributed by atoms with Gasteiger partial charge in [0.05, 0.1) is 6.61 Å². The molecular weight excluding hydrogens is 294 g/mol. The van der Waals surface area contributed by atoms with Crippen LogP contribution in [0.2, 0.25) is 0 Å². The molecule has 0 radical (unpaired) electrons. The van der Waals surface area contributed by atoms with Crippen molar-refractivity contribution in [1.82, 2.24) is 5.32 Å². The van der Waals surface area contributed by atoms with Crippen molar-refractivity contribution in [3.63, 3.8) is 0 Å². The first-order valence-corrected chi connectivity index (χ1v) is 8.78. The molecule has 2 rings (SSSR count). The molecule has 1 heterocycles. The van der Waals surface area contributed by atoms with Crippen molar-refractivity contribution in [2.24, 2.45) is 0 Å². The Morgan fingerprint density at radius 3 is 2.41 bits per heavy atom. The van der Waals surface area contributed by atoms with Gasteiger partial charge < -0.3 is 10.4 Å². The number of benzene rings is 1. The van der Waals surface area contributed by atoms with E-state index in [1.54, 1.807) is 0 Å². The van der Waals surface area contributed by atoms with E-state index in [-0.39, 0.29) is 25.1 Å². The summed E-state index contributed by atoms with van der Waals surface area (Å²) in [7, 11) is 0. The highest BCUT2D eigenvalue weighted by Crippen LogP contribution is 2.27. The number of nitrogens with one attached hydrogen (secondary N) is 1. The van der Waals surface area contributed by atoms with E-state index in [4.69, 9.17) is 0 Å². The average molecular weight is 326 g/mol. The Kier molecular flexibility index (Phi) is 9.77. The van der Waals surface area contributed by atoms with Crippen molar-refractivity contribution in [2.75, 3.05) is 13.2 Å². The van der Waals surface area contributed by atoms with Gasteiger partial charge in [-0.2, -0.15) is 0 Å². The maximum absolute atomic E-state index is 9.39. The predicted molar refractivity (Wildman–Crippen MR) is 97.0 cm³/mol. The Balaban J connectivity index is 0.00000242. The monoisotopic (exact) mass is 325 g/mol. The van der Waals surface area contributed by atoms with Crippen LogP contribution >= 0.6 is 12.4 Å². The summed E-state index contributed by atoms with van der Waals surface area (Å²) in [5.41, 5.74) is 2.84. The highest BCUT2D eigenvalue weighted by atomic mass is 35.5. The predicted octanol–water partition coefficient (Wildman–Crippen LogP) is 4.45. The average Bonchev–Trinajstić information content (AvgIpc) is 3.00. The third-order valence-corrected chi connectivity index (χ3v) is 4.77. The van der Waals surface area contributed by atoms with Gasteiger partial charge in [-0.25, -0.2) is 0 Å². The molecule has 2 N–H and O–H groups in total. The molecule has 0 aromatic heterocycles. The highest BCUT2D eigenvalue weighted by molar-refractivity contribution is 5.85. The molecular formula is C19H32ClNO. The van der Waals surface area contributed by atoms with Crippen LogP contribution in [0.3, 0.4) is 0 Å². The minimum atomic E-state index is 0. The molecule has 0 bridgehead atoms. The number of aryl methyl sites for hydroxylation is 1. The van der Waals surface area contributed by atoms with Crippen LogP contribution in [0.1, 0.15) is 68.9 Å². The Morgan fingerprint density at radius 2 is 1.73 bits per heavy atom. The smallest absolute Gasteiger partial charge is 0.0590 e. The maximum Gasteiger partial charge on any atom is 0.0590 e. The summed E-state index contributed by atoms with van der Waals surface area (Å²) >= 11 is 0. The number of rotatable bonds is 9. The number of aliphatic hydroxyl groups excluding tert-OH is 1. The van der Waals surface area contributed by atoms with Gasteiger partial charge in [0, 0.05) is 12.0 Å². The molecule has 0 saturated carbocycles. The van der Waals surface area contributed by atoms with Crippen molar-refractivity contribution in [2.45, 2.75) is 70.3 Å². The van der Waals surface area contributed by atoms with E-state index in [0.717, 1.165) is 13.0 Å². The van der Waals surface area contributed by atoms with Gasteiger partial charge in [0.15, 0.2) is 0 Å². The van der Waals surface area contributed by atoms with Crippen LogP contribution in [0.5, 0.6) is 0 Å². The molecule has 2 atom stereocenters. The first-order valence-electron chi connectivity index (χ1n) is 8.78. The van der Waals surface area contributed by atoms with Gasteiger partial charge in [0.25, 0.3) is 0 Å². The van der Waals surface area contributed by atoms with Crippen molar-refractivity contribution in [1.29, 1.82) is 0 Å². The lowest BCUT2D eigenvalue weighted by Gasteiger charge is -2.17. The molecule has 1 aliphatic rings. The van der Waals surface area contributed by atoms with Gasteiger partial charge in [0.1, 0.15) is 0 Å². The number of hydrogen-bond acceptors (Lipinski definition) is 2. The number of aliphatic hydroxyl groups is 1. The number of hydrogen-bond donors (Lipinski definition) is 2. The van der Waals surface area contributed by atoms with E-state index in [9.17, 15) is 5.11 Å². The Hall–Kier alpha value is -0.570. The van der Waals surface area contributed by atoms with Gasteiger partial charge in [-0.3, -0.25) is 0 Å². The molecule has 0 unspecified atom stereocenters. The lowest BCUT2D eigenvalue weighted by Crippen LogP contribution is -2.29. The van der Waals surface area contributed by atoms with Crippen LogP contribution in [0.15, 0.2) is 24.3 Å². The largest absolute Gasteiger partial charge is 0.395 e. The Labute approximate surface area is 142 Å². The Morgan fingerprint density at radius 1 is 1.05 bits per heavy atom. The minimum Gasteiger partial charge on any atom is -0.395 e. The fourth-order valence-corrected chi connectivity index (χ4v) is 3.40. The zero-order valence-electron chi connectivity index (χ0n) is 13.9. The summed E-state index contributed by atoms with van der Waals surface area (Å²) < 4.78 is 0. The van der Waals surface area contributed by atoms with Crippen molar-refractivity contribution < 1.29 is 5.11 Å². The van der Waals surface area contributed by atoms with E-state index in [1.165, 1.54) is 56.1 Å². The second-order valence-corrected chi connectivity index (χ2v) is 6.40. The lowest BCUT2D eigenvalue weighted by atomic mass is 9.91. The van der Waals surface area contributed by atoms with Crippen LogP contribution in [-0.2, 0) is 6.42 Å². The fraction of sp³-hybridized carbons (Fsp3) is 0.684. The summed E-state index contributed by atoms with van der Waals surface area (Å²) in [6.07, 6.45) is 10.5. The number of halogens is 1. The summed E-state index contributed by atoms with van der Waals surface area (Å²) in [5.74, 6) is 0.484. The fourth-order valence-electron chi connectivity index (χ4n) is 3.40. The molecule has 0 aliphatic carbocycles. The van der Waals surface area contributed by atoms with Crippen LogP contribution in [0.25, 0.3) is 0 Å². The van der Waals surface area contributed by atoms with E-state index < -0.39 is 0 Å². The summed E-state index contributed by atoms with van der Waals surface area (Å²) in [5, 5.41) is 12.8. The second kappa shape index (κ2) is 11.0. The van der Waals surface area contributed by atoms with E-state index in [0.29, 0.717) is 5.92 Å².